The fraction of sp³-hybridized carbons (Fsp3) is 1.00. The van der Waals surface area contributed by atoms with Crippen molar-refractivity contribution in [1.82, 2.24) is 0 Å². The molecule has 0 spiro atoms. The predicted molar refractivity (Wildman–Crippen MR) is 37.1 cm³/mol. The minimum absolute atomic E-state index is 0. The monoisotopic (exact) mass is 154 g/mol. The quantitative estimate of drug-likeness (QED) is 0.520. The lowest BCUT2D eigenvalue weighted by atomic mass is 10.7. The van der Waals surface area contributed by atoms with Crippen LogP contribution in [0.3, 0.4) is 0 Å². The maximum Gasteiger partial charge on any atom is 0.0701 e. The number of methoxy groups -OCH3 is 2. The Morgan fingerprint density at radius 1 is 0.800 bits per heavy atom. The van der Waals surface area contributed by atoms with Crippen molar-refractivity contribution in [1.29, 1.82) is 0 Å². The molecule has 0 heterocycles. The highest BCUT2D eigenvalue weighted by molar-refractivity contribution is 4.28. The Labute approximate surface area is 60.6 Å². The van der Waals surface area contributed by atoms with Crippen LogP contribution in [0.25, 0.3) is 0 Å². The maximum atomic E-state index is 5.06. The summed E-state index contributed by atoms with van der Waals surface area (Å²) in [5.74, 6) is 0. The lowest BCUT2D eigenvalue weighted by Gasteiger charge is -2.00. The molecule has 0 unspecified atom stereocenters. The molecular formula is C6H15FO3. The summed E-state index contributed by atoms with van der Waals surface area (Å²) in [6.45, 7) is 2.62. The van der Waals surface area contributed by atoms with Crippen molar-refractivity contribution in [3.63, 3.8) is 0 Å². The zero-order valence-electron chi connectivity index (χ0n) is 6.46. The predicted octanol–water partition coefficient (Wildman–Crippen LogP) is 0.448. The van der Waals surface area contributed by atoms with Crippen molar-refractivity contribution in [2.24, 2.45) is 0 Å². The number of hydrogen-bond acceptors (Lipinski definition) is 3. The van der Waals surface area contributed by atoms with Crippen LogP contribution < -0.4 is 0 Å². The van der Waals surface area contributed by atoms with Crippen molar-refractivity contribution in [3.05, 3.63) is 0 Å². The van der Waals surface area contributed by atoms with E-state index in [0.29, 0.717) is 26.4 Å². The summed E-state index contributed by atoms with van der Waals surface area (Å²) < 4.78 is 14.6. The second kappa shape index (κ2) is 11.6. The van der Waals surface area contributed by atoms with Gasteiger partial charge in [0.25, 0.3) is 0 Å². The van der Waals surface area contributed by atoms with Crippen LogP contribution in [-0.4, -0.2) is 40.6 Å². The first-order chi connectivity index (χ1) is 4.41. The molecule has 0 aliphatic carbocycles. The highest BCUT2D eigenvalue weighted by Crippen LogP contribution is 1.75. The molecule has 0 fully saturated rings. The third-order valence-corrected chi connectivity index (χ3v) is 0.864. The van der Waals surface area contributed by atoms with E-state index >= 15 is 0 Å². The van der Waals surface area contributed by atoms with Crippen molar-refractivity contribution in [2.75, 3.05) is 40.6 Å². The highest BCUT2D eigenvalue weighted by Gasteiger charge is 1.84. The van der Waals surface area contributed by atoms with Crippen LogP contribution in [0.2, 0.25) is 0 Å². The van der Waals surface area contributed by atoms with Gasteiger partial charge < -0.3 is 14.2 Å². The molecule has 0 N–H and O–H groups in total. The smallest absolute Gasteiger partial charge is 0.0701 e. The van der Waals surface area contributed by atoms with Crippen molar-refractivity contribution in [3.8, 4) is 0 Å². The molecule has 0 aliphatic rings. The zero-order valence-corrected chi connectivity index (χ0v) is 6.46. The first-order valence-corrected chi connectivity index (χ1v) is 2.97. The third-order valence-electron chi connectivity index (χ3n) is 0.864. The first kappa shape index (κ1) is 12.5. The molecule has 0 saturated heterocycles. The van der Waals surface area contributed by atoms with Gasteiger partial charge >= 0.3 is 0 Å². The van der Waals surface area contributed by atoms with E-state index in [1.54, 1.807) is 14.2 Å². The molecule has 4 heteroatoms. The fourth-order valence-electron chi connectivity index (χ4n) is 0.387. The Hall–Kier alpha value is -0.190. The lowest BCUT2D eigenvalue weighted by molar-refractivity contribution is 0.0385. The van der Waals surface area contributed by atoms with E-state index < -0.39 is 0 Å². The average molecular weight is 154 g/mol. The fourth-order valence-corrected chi connectivity index (χ4v) is 0.387. The van der Waals surface area contributed by atoms with Gasteiger partial charge in [-0.05, 0) is 0 Å². The second-order valence-corrected chi connectivity index (χ2v) is 1.60. The zero-order chi connectivity index (χ0) is 6.95. The standard InChI is InChI=1S/C6H14O3.FH/c1-7-3-5-9-6-4-8-2;/h3-6H2,1-2H3;1H. The second-order valence-electron chi connectivity index (χ2n) is 1.60. The Kier molecular flexibility index (Phi) is 14.5. The number of hydrogen-bond donors (Lipinski definition) is 0. The van der Waals surface area contributed by atoms with Crippen LogP contribution >= 0.6 is 0 Å². The molecule has 3 nitrogen and oxygen atoms in total. The van der Waals surface area contributed by atoms with Gasteiger partial charge in [-0.1, -0.05) is 0 Å². The Bertz CT molecular complexity index is 46.3. The van der Waals surface area contributed by atoms with E-state index in [-0.39, 0.29) is 4.70 Å². The minimum Gasteiger partial charge on any atom is -0.382 e. The Morgan fingerprint density at radius 3 is 1.50 bits per heavy atom. The van der Waals surface area contributed by atoms with Gasteiger partial charge in [0.2, 0.25) is 0 Å². The van der Waals surface area contributed by atoms with Crippen molar-refractivity contribution < 1.29 is 18.9 Å². The summed E-state index contributed by atoms with van der Waals surface area (Å²) in [7, 11) is 3.30. The molecule has 0 aliphatic heterocycles. The van der Waals surface area contributed by atoms with E-state index in [2.05, 4.69) is 0 Å². The van der Waals surface area contributed by atoms with Gasteiger partial charge in [0, 0.05) is 14.2 Å². The Morgan fingerprint density at radius 2 is 1.20 bits per heavy atom. The van der Waals surface area contributed by atoms with Gasteiger partial charge in [0.1, 0.15) is 0 Å². The molecule has 0 aromatic carbocycles. The summed E-state index contributed by atoms with van der Waals surface area (Å²) in [5.41, 5.74) is 0. The van der Waals surface area contributed by atoms with E-state index in [4.69, 9.17) is 14.2 Å². The summed E-state index contributed by atoms with van der Waals surface area (Å²) in [4.78, 5) is 0. The van der Waals surface area contributed by atoms with Crippen LogP contribution in [0.15, 0.2) is 0 Å². The third kappa shape index (κ3) is 10.7. The van der Waals surface area contributed by atoms with Gasteiger partial charge in [-0.15, -0.1) is 0 Å². The molecule has 0 amide bonds. The van der Waals surface area contributed by atoms with Crippen LogP contribution in [-0.2, 0) is 14.2 Å². The number of ether oxygens (including phenoxy) is 3. The maximum absolute atomic E-state index is 5.06. The molecular weight excluding hydrogens is 139 g/mol. The lowest BCUT2D eigenvalue weighted by Crippen LogP contribution is -2.06. The van der Waals surface area contributed by atoms with E-state index in [1.165, 1.54) is 0 Å². The molecule has 0 rings (SSSR count). The van der Waals surface area contributed by atoms with Crippen LogP contribution in [0.4, 0.5) is 4.70 Å². The van der Waals surface area contributed by atoms with Crippen molar-refractivity contribution >= 4 is 0 Å². The number of halogens is 1. The molecule has 0 atom stereocenters. The normalized spacial score (nSPS) is 9.00. The topological polar surface area (TPSA) is 27.7 Å². The van der Waals surface area contributed by atoms with Gasteiger partial charge in [0.05, 0.1) is 26.4 Å². The van der Waals surface area contributed by atoms with E-state index in [9.17, 15) is 0 Å². The van der Waals surface area contributed by atoms with Crippen LogP contribution in [0.1, 0.15) is 0 Å². The van der Waals surface area contributed by atoms with Crippen molar-refractivity contribution in [2.45, 2.75) is 0 Å². The summed E-state index contributed by atoms with van der Waals surface area (Å²) in [6, 6.07) is 0. The van der Waals surface area contributed by atoms with E-state index in [0.717, 1.165) is 0 Å². The average Bonchev–Trinajstić information content (AvgIpc) is 1.89. The summed E-state index contributed by atoms with van der Waals surface area (Å²) in [6.07, 6.45) is 0. The van der Waals surface area contributed by atoms with Crippen LogP contribution in [0.5, 0.6) is 0 Å². The molecule has 0 aromatic rings. The molecule has 10 heavy (non-hydrogen) atoms. The molecule has 0 aromatic heterocycles. The largest absolute Gasteiger partial charge is 0.382 e. The van der Waals surface area contributed by atoms with E-state index in [1.807, 2.05) is 0 Å². The molecule has 0 bridgehead atoms. The van der Waals surface area contributed by atoms with Gasteiger partial charge in [-0.25, -0.2) is 0 Å². The van der Waals surface area contributed by atoms with Crippen LogP contribution in [0, 0.1) is 0 Å². The number of rotatable bonds is 6. The van der Waals surface area contributed by atoms with Gasteiger partial charge in [0.15, 0.2) is 0 Å². The molecule has 0 saturated carbocycles. The SMILES string of the molecule is COCCOCCOC.F. The molecule has 64 valence electrons. The summed E-state index contributed by atoms with van der Waals surface area (Å²) in [5, 5.41) is 0. The van der Waals surface area contributed by atoms with Gasteiger partial charge in [-0.3, -0.25) is 4.70 Å². The highest BCUT2D eigenvalue weighted by atomic mass is 19.0. The first-order valence-electron chi connectivity index (χ1n) is 2.97. The van der Waals surface area contributed by atoms with Gasteiger partial charge in [-0.2, -0.15) is 0 Å². The summed E-state index contributed by atoms with van der Waals surface area (Å²) >= 11 is 0. The molecule has 0 radical (unpaired) electrons. The minimum atomic E-state index is 0. The Balaban J connectivity index is 0.